The first kappa shape index (κ1) is 13.7. The number of rotatable bonds is 3. The van der Waals surface area contributed by atoms with Gasteiger partial charge >= 0.3 is 0 Å². The van der Waals surface area contributed by atoms with Crippen LogP contribution in [-0.2, 0) is 0 Å². The average Bonchev–Trinajstić information content (AvgIpc) is 2.49. The van der Waals surface area contributed by atoms with Crippen molar-refractivity contribution in [1.82, 2.24) is 5.32 Å². The van der Waals surface area contributed by atoms with E-state index in [1.54, 1.807) is 0 Å². The quantitative estimate of drug-likeness (QED) is 0.885. The van der Waals surface area contributed by atoms with Crippen LogP contribution in [0.3, 0.4) is 0 Å². The monoisotopic (exact) mass is 331 g/mol. The number of hydrogen-bond acceptors (Lipinski definition) is 2. The van der Waals surface area contributed by atoms with E-state index in [0.29, 0.717) is 6.04 Å². The second-order valence-electron chi connectivity index (χ2n) is 5.05. The molecule has 104 valence electrons. The van der Waals surface area contributed by atoms with E-state index in [1.807, 2.05) is 12.1 Å². The predicted molar refractivity (Wildman–Crippen MR) is 85.0 cm³/mol. The molecule has 0 saturated heterocycles. The molecule has 0 amide bonds. The Balaban J connectivity index is 1.95. The topological polar surface area (TPSA) is 21.3 Å². The fraction of sp³-hybridized carbons (Fsp3) is 0.294. The molecule has 20 heavy (non-hydrogen) atoms. The summed E-state index contributed by atoms with van der Waals surface area (Å²) in [6, 6.07) is 17.0. The molecule has 2 aromatic carbocycles. The lowest BCUT2D eigenvalue weighted by Gasteiger charge is -2.33. The van der Waals surface area contributed by atoms with Crippen molar-refractivity contribution in [1.29, 1.82) is 0 Å². The minimum Gasteiger partial charge on any atom is -0.485 e. The van der Waals surface area contributed by atoms with Gasteiger partial charge in [0.15, 0.2) is 0 Å². The van der Waals surface area contributed by atoms with Crippen molar-refractivity contribution < 1.29 is 4.74 Å². The fourth-order valence-electron chi connectivity index (χ4n) is 2.75. The smallest absolute Gasteiger partial charge is 0.126 e. The van der Waals surface area contributed by atoms with E-state index in [4.69, 9.17) is 4.74 Å². The molecular weight excluding hydrogens is 314 g/mol. The van der Waals surface area contributed by atoms with Gasteiger partial charge in [-0.1, -0.05) is 53.2 Å². The molecule has 2 nitrogen and oxygen atoms in total. The number of benzene rings is 2. The molecule has 2 atom stereocenters. The summed E-state index contributed by atoms with van der Waals surface area (Å²) in [5.41, 5.74) is 2.48. The van der Waals surface area contributed by atoms with E-state index in [9.17, 15) is 0 Å². The molecule has 0 aliphatic carbocycles. The first-order valence-electron chi connectivity index (χ1n) is 7.02. The average molecular weight is 332 g/mol. The highest BCUT2D eigenvalue weighted by Gasteiger charge is 2.28. The van der Waals surface area contributed by atoms with Gasteiger partial charge in [-0.2, -0.15) is 0 Å². The van der Waals surface area contributed by atoms with Gasteiger partial charge in [0.25, 0.3) is 0 Å². The lowest BCUT2D eigenvalue weighted by Crippen LogP contribution is -2.29. The molecule has 1 aliphatic rings. The van der Waals surface area contributed by atoms with Crippen molar-refractivity contribution >= 4 is 15.9 Å². The maximum atomic E-state index is 6.19. The first-order chi connectivity index (χ1) is 9.78. The summed E-state index contributed by atoms with van der Waals surface area (Å²) in [6.45, 7) is 3.10. The second kappa shape index (κ2) is 5.98. The Hall–Kier alpha value is -1.32. The SMILES string of the molecule is CCNC1CC(c2ccccc2)Oc2ccc(Br)cc21. The van der Waals surface area contributed by atoms with Crippen molar-refractivity contribution in [2.75, 3.05) is 6.54 Å². The molecule has 2 aromatic rings. The van der Waals surface area contributed by atoms with Crippen LogP contribution in [0.5, 0.6) is 5.75 Å². The highest BCUT2D eigenvalue weighted by atomic mass is 79.9. The van der Waals surface area contributed by atoms with Gasteiger partial charge in [0.1, 0.15) is 11.9 Å². The molecule has 1 heterocycles. The van der Waals surface area contributed by atoms with Gasteiger partial charge in [-0.25, -0.2) is 0 Å². The summed E-state index contributed by atoms with van der Waals surface area (Å²) < 4.78 is 7.29. The number of hydrogen-bond donors (Lipinski definition) is 1. The first-order valence-corrected chi connectivity index (χ1v) is 7.81. The summed E-state index contributed by atoms with van der Waals surface area (Å²) >= 11 is 3.55. The van der Waals surface area contributed by atoms with E-state index in [1.165, 1.54) is 11.1 Å². The maximum absolute atomic E-state index is 6.19. The number of halogens is 1. The molecule has 3 heteroatoms. The zero-order valence-electron chi connectivity index (χ0n) is 11.5. The van der Waals surface area contributed by atoms with Crippen molar-refractivity contribution in [3.8, 4) is 5.75 Å². The van der Waals surface area contributed by atoms with Crippen LogP contribution in [0.1, 0.15) is 36.6 Å². The van der Waals surface area contributed by atoms with E-state index >= 15 is 0 Å². The summed E-state index contributed by atoms with van der Waals surface area (Å²) in [4.78, 5) is 0. The molecule has 0 fully saturated rings. The molecule has 0 saturated carbocycles. The number of ether oxygens (including phenoxy) is 1. The van der Waals surface area contributed by atoms with Crippen molar-refractivity contribution in [3.63, 3.8) is 0 Å². The Bertz CT molecular complexity index is 585. The van der Waals surface area contributed by atoms with Gasteiger partial charge in [0.2, 0.25) is 0 Å². The van der Waals surface area contributed by atoms with Crippen LogP contribution < -0.4 is 10.1 Å². The Labute approximate surface area is 128 Å². The Morgan fingerprint density at radius 3 is 2.75 bits per heavy atom. The summed E-state index contributed by atoms with van der Waals surface area (Å²) in [5, 5.41) is 3.57. The normalized spacial score (nSPS) is 21.1. The molecule has 3 rings (SSSR count). The highest BCUT2D eigenvalue weighted by molar-refractivity contribution is 9.10. The van der Waals surface area contributed by atoms with Crippen molar-refractivity contribution in [3.05, 3.63) is 64.1 Å². The maximum Gasteiger partial charge on any atom is 0.126 e. The Morgan fingerprint density at radius 1 is 1.20 bits per heavy atom. The minimum atomic E-state index is 0.119. The van der Waals surface area contributed by atoms with Gasteiger partial charge in [-0.3, -0.25) is 0 Å². The van der Waals surface area contributed by atoms with Crippen LogP contribution in [0.2, 0.25) is 0 Å². The largest absolute Gasteiger partial charge is 0.485 e. The third-order valence-electron chi connectivity index (χ3n) is 3.69. The van der Waals surface area contributed by atoms with Crippen LogP contribution in [0.15, 0.2) is 53.0 Å². The van der Waals surface area contributed by atoms with Crippen LogP contribution in [0.4, 0.5) is 0 Å². The zero-order chi connectivity index (χ0) is 13.9. The summed E-state index contributed by atoms with van der Waals surface area (Å²) in [7, 11) is 0. The third kappa shape index (κ3) is 2.74. The minimum absolute atomic E-state index is 0.119. The lowest BCUT2D eigenvalue weighted by molar-refractivity contribution is 0.152. The molecule has 0 radical (unpaired) electrons. The molecular formula is C17H18BrNO. The molecule has 0 bridgehead atoms. The van der Waals surface area contributed by atoms with Crippen LogP contribution >= 0.6 is 15.9 Å². The Kier molecular flexibility index (Phi) is 4.08. The van der Waals surface area contributed by atoms with E-state index in [0.717, 1.165) is 23.2 Å². The molecule has 1 N–H and O–H groups in total. The van der Waals surface area contributed by atoms with Gasteiger partial charge < -0.3 is 10.1 Å². The van der Waals surface area contributed by atoms with Crippen LogP contribution in [-0.4, -0.2) is 6.54 Å². The third-order valence-corrected chi connectivity index (χ3v) is 4.18. The molecule has 1 aliphatic heterocycles. The van der Waals surface area contributed by atoms with E-state index in [2.05, 4.69) is 64.6 Å². The van der Waals surface area contributed by atoms with Crippen LogP contribution in [0.25, 0.3) is 0 Å². The number of nitrogens with one attached hydrogen (secondary N) is 1. The van der Waals surface area contributed by atoms with Crippen molar-refractivity contribution in [2.24, 2.45) is 0 Å². The summed E-state index contributed by atoms with van der Waals surface area (Å²) in [5.74, 6) is 0.985. The number of fused-ring (bicyclic) bond motifs is 1. The van der Waals surface area contributed by atoms with Crippen molar-refractivity contribution in [2.45, 2.75) is 25.5 Å². The standard InChI is InChI=1S/C17H18BrNO/c1-2-19-15-11-17(12-6-4-3-5-7-12)20-16-9-8-13(18)10-14(15)16/h3-10,15,17,19H,2,11H2,1H3. The molecule has 0 aromatic heterocycles. The van der Waals surface area contributed by atoms with Gasteiger partial charge in [0.05, 0.1) is 0 Å². The van der Waals surface area contributed by atoms with E-state index < -0.39 is 0 Å². The second-order valence-corrected chi connectivity index (χ2v) is 5.96. The Morgan fingerprint density at radius 2 is 2.00 bits per heavy atom. The van der Waals surface area contributed by atoms with Gasteiger partial charge in [0, 0.05) is 22.5 Å². The van der Waals surface area contributed by atoms with Crippen LogP contribution in [0, 0.1) is 0 Å². The molecule has 2 unspecified atom stereocenters. The predicted octanol–water partition coefficient (Wildman–Crippen LogP) is 4.62. The lowest BCUT2D eigenvalue weighted by atomic mass is 9.93. The zero-order valence-corrected chi connectivity index (χ0v) is 13.1. The van der Waals surface area contributed by atoms with E-state index in [-0.39, 0.29) is 6.10 Å². The van der Waals surface area contributed by atoms with Gasteiger partial charge in [-0.15, -0.1) is 0 Å². The highest BCUT2D eigenvalue weighted by Crippen LogP contribution is 2.41. The summed E-state index contributed by atoms with van der Waals surface area (Å²) in [6.07, 6.45) is 1.08. The fourth-order valence-corrected chi connectivity index (χ4v) is 3.13. The molecule has 0 spiro atoms. The van der Waals surface area contributed by atoms with Gasteiger partial charge in [-0.05, 0) is 30.3 Å².